The summed E-state index contributed by atoms with van der Waals surface area (Å²) in [7, 11) is 0. The standard InChI is InChI=1S/C17H13N3O4S2/c21-15(9-5-7-10(8-6-9)20(23)24)19-16(22)13-11-3-1-2-4-12(11)26-14(13)18-17(19)25/h5-8H,1-4H2,(H,18,25). The van der Waals surface area contributed by atoms with Crippen LogP contribution in [0.2, 0.25) is 0 Å². The summed E-state index contributed by atoms with van der Waals surface area (Å²) in [6.45, 7) is 0. The number of nitro groups is 1. The van der Waals surface area contributed by atoms with E-state index in [0.29, 0.717) is 10.2 Å². The molecule has 0 aliphatic heterocycles. The molecule has 0 saturated carbocycles. The molecule has 0 radical (unpaired) electrons. The molecule has 3 aromatic rings. The number of carbonyl (C=O) groups excluding carboxylic acids is 1. The molecule has 2 heterocycles. The largest absolute Gasteiger partial charge is 0.323 e. The number of aryl methyl sites for hydroxylation is 2. The van der Waals surface area contributed by atoms with E-state index in [2.05, 4.69) is 4.98 Å². The molecule has 0 unspecified atom stereocenters. The number of carbonyl (C=O) groups is 1. The molecular formula is C17H13N3O4S2. The van der Waals surface area contributed by atoms with Crippen LogP contribution in [-0.2, 0) is 12.8 Å². The fraction of sp³-hybridized carbons (Fsp3) is 0.235. The van der Waals surface area contributed by atoms with E-state index in [0.717, 1.165) is 35.8 Å². The van der Waals surface area contributed by atoms with Crippen molar-refractivity contribution in [3.8, 4) is 0 Å². The monoisotopic (exact) mass is 387 g/mol. The lowest BCUT2D eigenvalue weighted by Gasteiger charge is -2.10. The number of hydrogen-bond acceptors (Lipinski definition) is 6. The minimum atomic E-state index is -0.594. The quantitative estimate of drug-likeness (QED) is 0.412. The smallest absolute Gasteiger partial charge is 0.270 e. The highest BCUT2D eigenvalue weighted by atomic mass is 32.1. The second-order valence-corrected chi connectivity index (χ2v) is 7.59. The van der Waals surface area contributed by atoms with Crippen LogP contribution in [0.15, 0.2) is 29.1 Å². The molecule has 0 amide bonds. The molecule has 9 heteroatoms. The Bertz CT molecular complexity index is 1170. The predicted molar refractivity (Wildman–Crippen MR) is 101 cm³/mol. The third-order valence-corrected chi connectivity index (χ3v) is 6.03. The summed E-state index contributed by atoms with van der Waals surface area (Å²) in [6.07, 6.45) is 3.87. The number of benzene rings is 1. The van der Waals surface area contributed by atoms with Crippen molar-refractivity contribution in [3.05, 3.63) is 65.5 Å². The van der Waals surface area contributed by atoms with Gasteiger partial charge < -0.3 is 4.98 Å². The Morgan fingerprint density at radius 1 is 1.23 bits per heavy atom. The highest BCUT2D eigenvalue weighted by molar-refractivity contribution is 7.71. The summed E-state index contributed by atoms with van der Waals surface area (Å²) in [5, 5.41) is 11.3. The fourth-order valence-corrected chi connectivity index (χ4v) is 4.89. The summed E-state index contributed by atoms with van der Waals surface area (Å²) >= 11 is 6.76. The van der Waals surface area contributed by atoms with E-state index in [1.165, 1.54) is 40.5 Å². The fourth-order valence-electron chi connectivity index (χ4n) is 3.28. The average Bonchev–Trinajstić information content (AvgIpc) is 2.99. The van der Waals surface area contributed by atoms with Gasteiger partial charge in [0.1, 0.15) is 4.83 Å². The number of aromatic amines is 1. The lowest BCUT2D eigenvalue weighted by molar-refractivity contribution is -0.384. The van der Waals surface area contributed by atoms with E-state index < -0.39 is 16.4 Å². The molecule has 0 bridgehead atoms. The van der Waals surface area contributed by atoms with Crippen LogP contribution in [0, 0.1) is 14.9 Å². The van der Waals surface area contributed by atoms with E-state index in [4.69, 9.17) is 12.2 Å². The van der Waals surface area contributed by atoms with Gasteiger partial charge in [-0.2, -0.15) is 0 Å². The van der Waals surface area contributed by atoms with E-state index in [1.807, 2.05) is 0 Å². The molecule has 1 aliphatic carbocycles. The maximum absolute atomic E-state index is 13.0. The van der Waals surface area contributed by atoms with Gasteiger partial charge in [-0.1, -0.05) is 0 Å². The normalized spacial score (nSPS) is 13.5. The molecule has 1 N–H and O–H groups in total. The van der Waals surface area contributed by atoms with Gasteiger partial charge in [-0.05, 0) is 55.6 Å². The maximum Gasteiger partial charge on any atom is 0.270 e. The maximum atomic E-state index is 13.0. The Kier molecular flexibility index (Phi) is 4.04. The Balaban J connectivity index is 1.88. The first-order chi connectivity index (χ1) is 12.5. The van der Waals surface area contributed by atoms with Gasteiger partial charge in [0.15, 0.2) is 4.77 Å². The molecule has 2 aromatic heterocycles. The van der Waals surface area contributed by atoms with Crippen LogP contribution in [0.4, 0.5) is 5.69 Å². The topological polar surface area (TPSA) is 98.0 Å². The van der Waals surface area contributed by atoms with Crippen molar-refractivity contribution in [1.82, 2.24) is 9.55 Å². The molecule has 1 aliphatic rings. The van der Waals surface area contributed by atoms with Gasteiger partial charge >= 0.3 is 0 Å². The van der Waals surface area contributed by atoms with Crippen molar-refractivity contribution in [2.75, 3.05) is 0 Å². The van der Waals surface area contributed by atoms with E-state index in [-0.39, 0.29) is 16.0 Å². The number of rotatable bonds is 2. The third-order valence-electron chi connectivity index (χ3n) is 4.54. The predicted octanol–water partition coefficient (Wildman–Crippen LogP) is 3.60. The van der Waals surface area contributed by atoms with Crippen molar-refractivity contribution in [2.24, 2.45) is 0 Å². The highest BCUT2D eigenvalue weighted by Gasteiger charge is 2.22. The molecule has 7 nitrogen and oxygen atoms in total. The number of H-pyrrole nitrogens is 1. The number of fused-ring (bicyclic) bond motifs is 3. The van der Waals surface area contributed by atoms with Gasteiger partial charge in [0, 0.05) is 22.6 Å². The Hall–Kier alpha value is -2.65. The first kappa shape index (κ1) is 16.8. The zero-order valence-corrected chi connectivity index (χ0v) is 15.1. The summed E-state index contributed by atoms with van der Waals surface area (Å²) < 4.78 is 0.977. The molecular weight excluding hydrogens is 374 g/mol. The number of nitrogens with one attached hydrogen (secondary N) is 1. The molecule has 26 heavy (non-hydrogen) atoms. The molecule has 0 saturated heterocycles. The molecule has 0 spiro atoms. The zero-order valence-electron chi connectivity index (χ0n) is 13.5. The van der Waals surface area contributed by atoms with Gasteiger partial charge in [0.25, 0.3) is 17.2 Å². The summed E-state index contributed by atoms with van der Waals surface area (Å²) in [5.41, 5.74) is 0.631. The second kappa shape index (κ2) is 6.26. The van der Waals surface area contributed by atoms with Crippen LogP contribution in [-0.4, -0.2) is 20.4 Å². The average molecular weight is 387 g/mol. The lowest BCUT2D eigenvalue weighted by atomic mass is 9.97. The van der Waals surface area contributed by atoms with Crippen molar-refractivity contribution in [1.29, 1.82) is 0 Å². The summed E-state index contributed by atoms with van der Waals surface area (Å²) in [5.74, 6) is -0.594. The minimum absolute atomic E-state index is 0.0319. The highest BCUT2D eigenvalue weighted by Crippen LogP contribution is 2.33. The van der Waals surface area contributed by atoms with Crippen molar-refractivity contribution < 1.29 is 9.72 Å². The van der Waals surface area contributed by atoms with Crippen LogP contribution in [0.5, 0.6) is 0 Å². The third kappa shape index (κ3) is 2.60. The van der Waals surface area contributed by atoms with E-state index in [9.17, 15) is 19.7 Å². The number of hydrogen-bond donors (Lipinski definition) is 1. The van der Waals surface area contributed by atoms with Crippen LogP contribution in [0.25, 0.3) is 10.2 Å². The molecule has 1 aromatic carbocycles. The Labute approximate surface area is 156 Å². The van der Waals surface area contributed by atoms with Gasteiger partial charge in [0.2, 0.25) is 0 Å². The minimum Gasteiger partial charge on any atom is -0.323 e. The van der Waals surface area contributed by atoms with Crippen LogP contribution in [0.3, 0.4) is 0 Å². The molecule has 0 fully saturated rings. The number of nitro benzene ring substituents is 1. The first-order valence-corrected chi connectivity index (χ1v) is 9.28. The van der Waals surface area contributed by atoms with Crippen LogP contribution < -0.4 is 5.56 Å². The number of thiophene rings is 1. The second-order valence-electron chi connectivity index (χ2n) is 6.09. The van der Waals surface area contributed by atoms with Crippen LogP contribution in [0.1, 0.15) is 33.6 Å². The van der Waals surface area contributed by atoms with Gasteiger partial charge in [-0.3, -0.25) is 19.7 Å². The van der Waals surface area contributed by atoms with Crippen molar-refractivity contribution in [2.45, 2.75) is 25.7 Å². The molecule has 4 rings (SSSR count). The first-order valence-electron chi connectivity index (χ1n) is 8.06. The van der Waals surface area contributed by atoms with Gasteiger partial charge in [-0.25, -0.2) is 4.57 Å². The van der Waals surface area contributed by atoms with Crippen LogP contribution >= 0.6 is 23.6 Å². The Morgan fingerprint density at radius 2 is 1.92 bits per heavy atom. The number of non-ortho nitro benzene ring substituents is 1. The van der Waals surface area contributed by atoms with Gasteiger partial charge in [-0.15, -0.1) is 11.3 Å². The van der Waals surface area contributed by atoms with Gasteiger partial charge in [0.05, 0.1) is 10.3 Å². The number of nitrogens with zero attached hydrogens (tertiary/aromatic N) is 2. The lowest BCUT2D eigenvalue weighted by Crippen LogP contribution is -2.29. The van der Waals surface area contributed by atoms with E-state index in [1.54, 1.807) is 0 Å². The van der Waals surface area contributed by atoms with Crippen molar-refractivity contribution >= 4 is 45.4 Å². The Morgan fingerprint density at radius 3 is 2.62 bits per heavy atom. The summed E-state index contributed by atoms with van der Waals surface area (Å²) in [4.78, 5) is 40.9. The SMILES string of the molecule is O=C(c1ccc([N+](=O)[O-])cc1)n1c(=S)[nH]c2sc3c(c2c1=O)CCCC3. The zero-order chi connectivity index (χ0) is 18.4. The number of aromatic nitrogens is 2. The molecule has 132 valence electrons. The summed E-state index contributed by atoms with van der Waals surface area (Å²) in [6, 6.07) is 5.12. The van der Waals surface area contributed by atoms with Crippen molar-refractivity contribution in [3.63, 3.8) is 0 Å². The molecule has 0 atom stereocenters. The van der Waals surface area contributed by atoms with E-state index >= 15 is 0 Å².